The molecule has 1 aromatic carbocycles. The number of nitrogens with zero attached hydrogens (tertiary/aromatic N) is 2. The average Bonchev–Trinajstić information content (AvgIpc) is 2.40. The second-order valence-corrected chi connectivity index (χ2v) is 3.72. The van der Waals surface area contributed by atoms with E-state index in [-0.39, 0.29) is 6.04 Å². The van der Waals surface area contributed by atoms with E-state index in [0.29, 0.717) is 11.7 Å². The van der Waals surface area contributed by atoms with Gasteiger partial charge in [-0.15, -0.1) is 0 Å². The SMILES string of the molecule is COc1cncc(NC(C)c2ccccc2)n1. The van der Waals surface area contributed by atoms with Crippen LogP contribution >= 0.6 is 0 Å². The quantitative estimate of drug-likeness (QED) is 0.875. The first-order valence-electron chi connectivity index (χ1n) is 5.47. The standard InChI is InChI=1S/C13H15N3O/c1-10(11-6-4-3-5-7-11)15-12-8-14-9-13(16-12)17-2/h3-10H,1-2H3,(H,15,16). The number of nitrogens with one attached hydrogen (secondary N) is 1. The molecule has 17 heavy (non-hydrogen) atoms. The summed E-state index contributed by atoms with van der Waals surface area (Å²) in [5.74, 6) is 1.22. The van der Waals surface area contributed by atoms with Gasteiger partial charge in [0.15, 0.2) is 0 Å². The number of rotatable bonds is 4. The molecule has 0 fully saturated rings. The van der Waals surface area contributed by atoms with Crippen LogP contribution in [0.25, 0.3) is 0 Å². The fourth-order valence-corrected chi connectivity index (χ4v) is 1.56. The van der Waals surface area contributed by atoms with E-state index in [9.17, 15) is 0 Å². The fraction of sp³-hybridized carbons (Fsp3) is 0.231. The van der Waals surface area contributed by atoms with Gasteiger partial charge in [0.2, 0.25) is 5.88 Å². The van der Waals surface area contributed by atoms with Gasteiger partial charge in [0, 0.05) is 6.04 Å². The third kappa shape index (κ3) is 2.93. The lowest BCUT2D eigenvalue weighted by Gasteiger charge is -2.14. The number of anilines is 1. The Hall–Kier alpha value is -2.10. The monoisotopic (exact) mass is 229 g/mol. The molecule has 0 saturated carbocycles. The van der Waals surface area contributed by atoms with Crippen LogP contribution in [-0.4, -0.2) is 17.1 Å². The molecule has 0 aliphatic heterocycles. The Labute approximate surface area is 101 Å². The number of ether oxygens (including phenoxy) is 1. The molecule has 0 bridgehead atoms. The average molecular weight is 229 g/mol. The lowest BCUT2D eigenvalue weighted by molar-refractivity contribution is 0.396. The van der Waals surface area contributed by atoms with Gasteiger partial charge in [-0.25, -0.2) is 0 Å². The van der Waals surface area contributed by atoms with Crippen molar-refractivity contribution in [2.75, 3.05) is 12.4 Å². The summed E-state index contributed by atoms with van der Waals surface area (Å²) >= 11 is 0. The van der Waals surface area contributed by atoms with E-state index < -0.39 is 0 Å². The molecule has 0 aliphatic carbocycles. The van der Waals surface area contributed by atoms with Crippen molar-refractivity contribution in [3.05, 3.63) is 48.3 Å². The molecule has 2 aromatic rings. The van der Waals surface area contributed by atoms with Crippen LogP contribution in [0.2, 0.25) is 0 Å². The third-order valence-electron chi connectivity index (χ3n) is 2.49. The van der Waals surface area contributed by atoms with Gasteiger partial charge in [-0.3, -0.25) is 4.98 Å². The molecule has 1 unspecified atom stereocenters. The molecule has 1 N–H and O–H groups in total. The van der Waals surface area contributed by atoms with E-state index in [1.54, 1.807) is 19.5 Å². The number of hydrogen-bond acceptors (Lipinski definition) is 4. The molecule has 1 heterocycles. The van der Waals surface area contributed by atoms with Crippen molar-refractivity contribution < 1.29 is 4.74 Å². The van der Waals surface area contributed by atoms with Crippen molar-refractivity contribution >= 4 is 5.82 Å². The highest BCUT2D eigenvalue weighted by molar-refractivity contribution is 5.37. The molecule has 4 heteroatoms. The van der Waals surface area contributed by atoms with Crippen LogP contribution in [0.1, 0.15) is 18.5 Å². The molecule has 88 valence electrons. The molecule has 0 saturated heterocycles. The summed E-state index contributed by atoms with van der Waals surface area (Å²) in [6.07, 6.45) is 3.26. The van der Waals surface area contributed by atoms with E-state index in [0.717, 1.165) is 0 Å². The van der Waals surface area contributed by atoms with Gasteiger partial charge in [0.1, 0.15) is 5.82 Å². The number of benzene rings is 1. The molecule has 2 rings (SSSR count). The minimum absolute atomic E-state index is 0.178. The van der Waals surface area contributed by atoms with Crippen LogP contribution < -0.4 is 10.1 Å². The smallest absolute Gasteiger partial charge is 0.233 e. The predicted molar refractivity (Wildman–Crippen MR) is 67.1 cm³/mol. The van der Waals surface area contributed by atoms with E-state index in [2.05, 4.69) is 34.3 Å². The molecule has 1 aromatic heterocycles. The normalized spacial score (nSPS) is 11.9. The molecular formula is C13H15N3O. The molecule has 0 radical (unpaired) electrons. The summed E-state index contributed by atoms with van der Waals surface area (Å²) in [5, 5.41) is 3.28. The largest absolute Gasteiger partial charge is 0.480 e. The lowest BCUT2D eigenvalue weighted by atomic mass is 10.1. The third-order valence-corrected chi connectivity index (χ3v) is 2.49. The van der Waals surface area contributed by atoms with E-state index in [1.807, 2.05) is 18.2 Å². The van der Waals surface area contributed by atoms with Crippen LogP contribution in [-0.2, 0) is 0 Å². The summed E-state index contributed by atoms with van der Waals surface area (Å²) in [4.78, 5) is 8.31. The maximum Gasteiger partial charge on any atom is 0.233 e. The molecule has 1 atom stereocenters. The Morgan fingerprint density at radius 1 is 1.18 bits per heavy atom. The number of aromatic nitrogens is 2. The minimum atomic E-state index is 0.178. The molecular weight excluding hydrogens is 214 g/mol. The Balaban J connectivity index is 2.10. The van der Waals surface area contributed by atoms with E-state index in [4.69, 9.17) is 4.74 Å². The number of methoxy groups -OCH3 is 1. The first-order valence-corrected chi connectivity index (χ1v) is 5.47. The zero-order chi connectivity index (χ0) is 12.1. The molecule has 0 aliphatic rings. The summed E-state index contributed by atoms with van der Waals surface area (Å²) in [6.45, 7) is 2.08. The van der Waals surface area contributed by atoms with E-state index in [1.165, 1.54) is 5.56 Å². The van der Waals surface area contributed by atoms with Gasteiger partial charge < -0.3 is 10.1 Å². The van der Waals surface area contributed by atoms with Crippen LogP contribution in [0.15, 0.2) is 42.7 Å². The molecule has 4 nitrogen and oxygen atoms in total. The highest BCUT2D eigenvalue weighted by Gasteiger charge is 2.06. The Morgan fingerprint density at radius 3 is 2.65 bits per heavy atom. The number of hydrogen-bond donors (Lipinski definition) is 1. The van der Waals surface area contributed by atoms with Crippen molar-refractivity contribution in [2.24, 2.45) is 0 Å². The van der Waals surface area contributed by atoms with Crippen molar-refractivity contribution in [3.8, 4) is 5.88 Å². The minimum Gasteiger partial charge on any atom is -0.480 e. The van der Waals surface area contributed by atoms with Crippen molar-refractivity contribution in [2.45, 2.75) is 13.0 Å². The van der Waals surface area contributed by atoms with Crippen LogP contribution in [0, 0.1) is 0 Å². The Bertz CT molecular complexity index is 473. The lowest BCUT2D eigenvalue weighted by Crippen LogP contribution is -2.08. The maximum absolute atomic E-state index is 5.03. The van der Waals surface area contributed by atoms with Gasteiger partial charge in [-0.1, -0.05) is 30.3 Å². The zero-order valence-electron chi connectivity index (χ0n) is 9.92. The summed E-state index contributed by atoms with van der Waals surface area (Å²) in [6, 6.07) is 10.4. The van der Waals surface area contributed by atoms with Gasteiger partial charge in [0.05, 0.1) is 19.5 Å². The van der Waals surface area contributed by atoms with Gasteiger partial charge in [-0.05, 0) is 12.5 Å². The van der Waals surface area contributed by atoms with Crippen molar-refractivity contribution in [1.29, 1.82) is 0 Å². The topological polar surface area (TPSA) is 47.0 Å². The molecule has 0 amide bonds. The van der Waals surface area contributed by atoms with Gasteiger partial charge >= 0.3 is 0 Å². The first-order chi connectivity index (χ1) is 8.29. The second kappa shape index (κ2) is 5.30. The maximum atomic E-state index is 5.03. The second-order valence-electron chi connectivity index (χ2n) is 3.72. The van der Waals surface area contributed by atoms with Crippen molar-refractivity contribution in [1.82, 2.24) is 9.97 Å². The van der Waals surface area contributed by atoms with Crippen LogP contribution in [0.5, 0.6) is 5.88 Å². The Morgan fingerprint density at radius 2 is 1.94 bits per heavy atom. The zero-order valence-corrected chi connectivity index (χ0v) is 9.92. The van der Waals surface area contributed by atoms with Gasteiger partial charge in [0.25, 0.3) is 0 Å². The predicted octanol–water partition coefficient (Wildman–Crippen LogP) is 2.66. The summed E-state index contributed by atoms with van der Waals surface area (Å²) < 4.78 is 5.03. The van der Waals surface area contributed by atoms with E-state index >= 15 is 0 Å². The molecule has 0 spiro atoms. The highest BCUT2D eigenvalue weighted by atomic mass is 16.5. The fourth-order valence-electron chi connectivity index (χ4n) is 1.56. The summed E-state index contributed by atoms with van der Waals surface area (Å²) in [7, 11) is 1.58. The van der Waals surface area contributed by atoms with Gasteiger partial charge in [-0.2, -0.15) is 4.98 Å². The highest BCUT2D eigenvalue weighted by Crippen LogP contribution is 2.18. The van der Waals surface area contributed by atoms with Crippen LogP contribution in [0.3, 0.4) is 0 Å². The Kier molecular flexibility index (Phi) is 3.55. The van der Waals surface area contributed by atoms with Crippen molar-refractivity contribution in [3.63, 3.8) is 0 Å². The first kappa shape index (κ1) is 11.4. The van der Waals surface area contributed by atoms with Crippen LogP contribution in [0.4, 0.5) is 5.82 Å². The summed E-state index contributed by atoms with van der Waals surface area (Å²) in [5.41, 5.74) is 1.21.